The number of aliphatic hydroxyl groups is 2. The van der Waals surface area contributed by atoms with Crippen LogP contribution in [0.4, 0.5) is 0 Å². The van der Waals surface area contributed by atoms with E-state index in [2.05, 4.69) is 124 Å². The first kappa shape index (κ1) is 72.1. The Morgan fingerprint density at radius 1 is 0.443 bits per heavy atom. The molecular formula is C67H106O12. The maximum absolute atomic E-state index is 13.1. The zero-order valence-electron chi connectivity index (χ0n) is 49.1. The molecule has 0 amide bonds. The van der Waals surface area contributed by atoms with E-state index in [-0.39, 0.29) is 25.9 Å². The van der Waals surface area contributed by atoms with Crippen LogP contribution in [0.1, 0.15) is 226 Å². The summed E-state index contributed by atoms with van der Waals surface area (Å²) in [6, 6.07) is 0. The lowest BCUT2D eigenvalue weighted by molar-refractivity contribution is -0.301. The summed E-state index contributed by atoms with van der Waals surface area (Å²) < 4.78 is 28.3. The summed E-state index contributed by atoms with van der Waals surface area (Å²) in [4.78, 5) is 51.1. The van der Waals surface area contributed by atoms with E-state index < -0.39 is 67.3 Å². The first-order valence-corrected chi connectivity index (χ1v) is 30.5. The Hall–Kier alpha value is -4.88. The van der Waals surface area contributed by atoms with Gasteiger partial charge >= 0.3 is 23.9 Å². The van der Waals surface area contributed by atoms with Gasteiger partial charge in [-0.3, -0.25) is 14.4 Å². The SMILES string of the molecule is CC/C=C\C/C=C\C/C=C\C/C=C\C/C=C\CC(=O)OCC(COC1OC(C(=O)O)C(O)C(O)C1OC(=O)CCCCCCCCCCC/C=C\C/C=C\CCCCC)OC(=O)CCCCCCC/C=C\C/C=C\C/C=C\CC. The zero-order valence-corrected chi connectivity index (χ0v) is 49.1. The van der Waals surface area contributed by atoms with Crippen molar-refractivity contribution in [3.63, 3.8) is 0 Å². The van der Waals surface area contributed by atoms with Crippen molar-refractivity contribution in [2.24, 2.45) is 0 Å². The highest BCUT2D eigenvalue weighted by Gasteiger charge is 2.50. The van der Waals surface area contributed by atoms with Gasteiger partial charge in [-0.1, -0.05) is 219 Å². The van der Waals surface area contributed by atoms with Crippen molar-refractivity contribution in [3.8, 4) is 0 Å². The molecule has 0 aromatic heterocycles. The Bertz CT molecular complexity index is 1840. The van der Waals surface area contributed by atoms with E-state index in [9.17, 15) is 34.5 Å². The van der Waals surface area contributed by atoms with Crippen molar-refractivity contribution in [2.75, 3.05) is 13.2 Å². The van der Waals surface area contributed by atoms with Gasteiger partial charge in [0.15, 0.2) is 24.6 Å². The Morgan fingerprint density at radius 3 is 1.28 bits per heavy atom. The molecule has 79 heavy (non-hydrogen) atoms. The zero-order chi connectivity index (χ0) is 57.5. The third-order valence-corrected chi connectivity index (χ3v) is 13.0. The molecule has 0 aromatic rings. The van der Waals surface area contributed by atoms with Crippen LogP contribution in [-0.2, 0) is 42.9 Å². The highest BCUT2D eigenvalue weighted by Crippen LogP contribution is 2.26. The van der Waals surface area contributed by atoms with Crippen LogP contribution in [0.3, 0.4) is 0 Å². The lowest BCUT2D eigenvalue weighted by Crippen LogP contribution is -2.61. The van der Waals surface area contributed by atoms with Crippen molar-refractivity contribution in [3.05, 3.63) is 122 Å². The predicted molar refractivity (Wildman–Crippen MR) is 321 cm³/mol. The molecule has 6 atom stereocenters. The van der Waals surface area contributed by atoms with E-state index in [1.165, 1.54) is 51.4 Å². The molecule has 3 N–H and O–H groups in total. The number of aliphatic carboxylic acids is 1. The van der Waals surface area contributed by atoms with Gasteiger partial charge in [0.1, 0.15) is 18.8 Å². The molecule has 0 spiro atoms. The van der Waals surface area contributed by atoms with Crippen LogP contribution in [0.2, 0.25) is 0 Å². The fourth-order valence-electron chi connectivity index (χ4n) is 8.43. The van der Waals surface area contributed by atoms with E-state index >= 15 is 0 Å². The van der Waals surface area contributed by atoms with E-state index in [1.54, 1.807) is 6.08 Å². The maximum atomic E-state index is 13.1. The number of unbranched alkanes of at least 4 members (excludes halogenated alkanes) is 17. The van der Waals surface area contributed by atoms with Gasteiger partial charge < -0.3 is 39.0 Å². The Labute approximate surface area is 478 Å². The summed E-state index contributed by atoms with van der Waals surface area (Å²) in [6.07, 6.45) is 61.9. The number of carboxylic acid groups (broad SMARTS) is 1. The molecule has 1 saturated heterocycles. The Balaban J connectivity index is 2.73. The van der Waals surface area contributed by atoms with Gasteiger partial charge in [-0.2, -0.15) is 0 Å². The lowest BCUT2D eigenvalue weighted by Gasteiger charge is -2.40. The number of aliphatic hydroxyl groups excluding tert-OH is 2. The number of carboxylic acids is 1. The van der Waals surface area contributed by atoms with Crippen LogP contribution in [0.15, 0.2) is 122 Å². The summed E-state index contributed by atoms with van der Waals surface area (Å²) in [7, 11) is 0. The third-order valence-electron chi connectivity index (χ3n) is 13.0. The molecule has 0 radical (unpaired) electrons. The minimum atomic E-state index is -1.92. The van der Waals surface area contributed by atoms with Crippen molar-refractivity contribution in [1.82, 2.24) is 0 Å². The summed E-state index contributed by atoms with van der Waals surface area (Å²) in [5.74, 6) is -3.33. The van der Waals surface area contributed by atoms with E-state index in [1.807, 2.05) is 12.2 Å². The van der Waals surface area contributed by atoms with Crippen molar-refractivity contribution < 1.29 is 58.2 Å². The largest absolute Gasteiger partial charge is 0.479 e. The molecule has 0 bridgehead atoms. The lowest BCUT2D eigenvalue weighted by atomic mass is 9.98. The van der Waals surface area contributed by atoms with Crippen molar-refractivity contribution in [1.29, 1.82) is 0 Å². The number of hydrogen-bond donors (Lipinski definition) is 3. The van der Waals surface area contributed by atoms with E-state index in [0.29, 0.717) is 19.3 Å². The second kappa shape index (κ2) is 53.7. The molecule has 1 heterocycles. The molecule has 446 valence electrons. The van der Waals surface area contributed by atoms with E-state index in [0.717, 1.165) is 116 Å². The molecule has 0 aliphatic carbocycles. The van der Waals surface area contributed by atoms with Gasteiger partial charge in [-0.15, -0.1) is 0 Å². The van der Waals surface area contributed by atoms with Crippen molar-refractivity contribution in [2.45, 2.75) is 263 Å². The second-order valence-corrected chi connectivity index (χ2v) is 20.2. The average Bonchev–Trinajstić information content (AvgIpc) is 3.46. The number of hydrogen-bond acceptors (Lipinski definition) is 11. The normalized spacial score (nSPS) is 18.7. The summed E-state index contributed by atoms with van der Waals surface area (Å²) in [5.41, 5.74) is 0. The van der Waals surface area contributed by atoms with Gasteiger partial charge in [0, 0.05) is 12.8 Å². The fourth-order valence-corrected chi connectivity index (χ4v) is 8.43. The summed E-state index contributed by atoms with van der Waals surface area (Å²) in [6.45, 7) is 5.63. The summed E-state index contributed by atoms with van der Waals surface area (Å²) in [5, 5.41) is 31.5. The number of ether oxygens (including phenoxy) is 5. The van der Waals surface area contributed by atoms with Gasteiger partial charge in [0.25, 0.3) is 0 Å². The predicted octanol–water partition coefficient (Wildman–Crippen LogP) is 16.0. The number of carbonyl (C=O) groups is 4. The number of allylic oxidation sites excluding steroid dienone is 19. The van der Waals surface area contributed by atoms with E-state index in [4.69, 9.17) is 23.7 Å². The fraction of sp³-hybridized carbons (Fsp3) is 0.642. The minimum absolute atomic E-state index is 0.0246. The summed E-state index contributed by atoms with van der Waals surface area (Å²) >= 11 is 0. The molecule has 1 aliphatic heterocycles. The molecule has 0 saturated carbocycles. The molecular weight excluding hydrogens is 997 g/mol. The van der Waals surface area contributed by atoms with Crippen molar-refractivity contribution >= 4 is 23.9 Å². The Kier molecular flexibility index (Phi) is 49.1. The number of esters is 3. The minimum Gasteiger partial charge on any atom is -0.479 e. The van der Waals surface area contributed by atoms with Gasteiger partial charge in [0.2, 0.25) is 0 Å². The van der Waals surface area contributed by atoms with Crippen LogP contribution in [0.5, 0.6) is 0 Å². The Morgan fingerprint density at radius 2 is 0.835 bits per heavy atom. The van der Waals surface area contributed by atoms with Crippen LogP contribution >= 0.6 is 0 Å². The first-order chi connectivity index (χ1) is 38.6. The van der Waals surface area contributed by atoms with Crippen LogP contribution in [-0.4, -0.2) is 89.2 Å². The average molecular weight is 1100 g/mol. The molecule has 1 rings (SSSR count). The van der Waals surface area contributed by atoms with Gasteiger partial charge in [0.05, 0.1) is 13.0 Å². The van der Waals surface area contributed by atoms with Gasteiger partial charge in [-0.05, 0) is 109 Å². The quantitative estimate of drug-likeness (QED) is 0.0228. The van der Waals surface area contributed by atoms with Crippen LogP contribution in [0.25, 0.3) is 0 Å². The first-order valence-electron chi connectivity index (χ1n) is 30.5. The molecule has 12 heteroatoms. The van der Waals surface area contributed by atoms with Crippen LogP contribution < -0.4 is 0 Å². The molecule has 1 aliphatic rings. The highest BCUT2D eigenvalue weighted by molar-refractivity contribution is 5.74. The standard InChI is InChI=1S/C67H106O12/c1-4-7-10-13-16-19-22-25-28-29-30-31-34-37-40-43-46-49-52-55-61(70)78-65-63(72)62(71)64(66(73)74)79-67(65)76-57-58(77-60(69)54-51-48-45-42-39-36-33-27-24-21-18-15-12-9-6-3)56-75-59(68)53-50-47-44-41-38-35-32-26-23-20-17-14-11-8-5-2/h8-9,11-12,16-21,25-28,32-33,38,41,47,50,58,62-65,67,71-72H,4-7,10,13-15,22-24,29-31,34-37,39-40,42-46,48-49,51-57H2,1-3H3,(H,73,74)/b11-8-,12-9-,19-16-,20-17-,21-18-,28-25-,32-26-,33-27-,41-38-,50-47-. The highest BCUT2D eigenvalue weighted by atomic mass is 16.7. The number of rotatable bonds is 50. The topological polar surface area (TPSA) is 175 Å². The third kappa shape index (κ3) is 43.6. The number of carbonyl (C=O) groups excluding carboxylic acids is 3. The second-order valence-electron chi connectivity index (χ2n) is 20.2. The van der Waals surface area contributed by atoms with Gasteiger partial charge in [-0.25, -0.2) is 4.79 Å². The molecule has 0 aromatic carbocycles. The monoisotopic (exact) mass is 1100 g/mol. The smallest absolute Gasteiger partial charge is 0.335 e. The molecule has 1 fully saturated rings. The maximum Gasteiger partial charge on any atom is 0.335 e. The molecule has 12 nitrogen and oxygen atoms in total. The van der Waals surface area contributed by atoms with Crippen LogP contribution in [0, 0.1) is 0 Å². The molecule has 6 unspecified atom stereocenters.